The van der Waals surface area contributed by atoms with Gasteiger partial charge in [-0.3, -0.25) is 14.2 Å². The van der Waals surface area contributed by atoms with Gasteiger partial charge in [0.25, 0.3) is 11.5 Å². The Labute approximate surface area is 169 Å². The minimum absolute atomic E-state index is 0.0839. The molecule has 1 N–H and O–H groups in total. The van der Waals surface area contributed by atoms with Gasteiger partial charge in [-0.1, -0.05) is 17.7 Å². The second kappa shape index (κ2) is 7.84. The van der Waals surface area contributed by atoms with E-state index in [9.17, 15) is 9.59 Å². The van der Waals surface area contributed by atoms with Gasteiger partial charge in [0.05, 0.1) is 27.1 Å². The number of amides is 1. The molecule has 0 bridgehead atoms. The molecule has 1 amide bonds. The molecule has 3 heterocycles. The van der Waals surface area contributed by atoms with Crippen molar-refractivity contribution in [3.63, 3.8) is 0 Å². The predicted octanol–water partition coefficient (Wildman–Crippen LogP) is 3.67. The van der Waals surface area contributed by atoms with Gasteiger partial charge < -0.3 is 5.32 Å². The predicted molar refractivity (Wildman–Crippen MR) is 110 cm³/mol. The molecular formula is C20H15ClN4O2S. The van der Waals surface area contributed by atoms with Crippen molar-refractivity contribution in [1.82, 2.24) is 19.7 Å². The fourth-order valence-electron chi connectivity index (χ4n) is 2.70. The molecule has 0 spiro atoms. The first-order valence-corrected chi connectivity index (χ1v) is 9.66. The molecule has 0 fully saturated rings. The Morgan fingerprint density at radius 3 is 2.50 bits per heavy atom. The fraction of sp³-hybridized carbons (Fsp3) is 0.0500. The average molecular weight is 411 g/mol. The maximum atomic E-state index is 12.1. The van der Waals surface area contributed by atoms with Crippen LogP contribution in [0.4, 0.5) is 0 Å². The number of aromatic nitrogens is 3. The summed E-state index contributed by atoms with van der Waals surface area (Å²) in [6.07, 6.45) is 3.56. The van der Waals surface area contributed by atoms with E-state index in [1.54, 1.807) is 33.6 Å². The monoisotopic (exact) mass is 410 g/mol. The lowest BCUT2D eigenvalue weighted by Gasteiger charge is -2.07. The third kappa shape index (κ3) is 3.90. The number of nitrogens with one attached hydrogen (secondary N) is 1. The normalized spacial score (nSPS) is 10.8. The first-order chi connectivity index (χ1) is 13.6. The second-order valence-corrected chi connectivity index (χ2v) is 7.68. The van der Waals surface area contributed by atoms with Gasteiger partial charge in [-0.25, -0.2) is 4.68 Å². The van der Waals surface area contributed by atoms with Crippen LogP contribution in [-0.4, -0.2) is 20.3 Å². The molecule has 3 aromatic heterocycles. The van der Waals surface area contributed by atoms with E-state index in [4.69, 9.17) is 11.6 Å². The van der Waals surface area contributed by atoms with Crippen molar-refractivity contribution < 1.29 is 4.79 Å². The summed E-state index contributed by atoms with van der Waals surface area (Å²) in [5, 5.41) is 7.31. The zero-order chi connectivity index (χ0) is 19.5. The summed E-state index contributed by atoms with van der Waals surface area (Å²) in [7, 11) is 0. The highest BCUT2D eigenvalue weighted by atomic mass is 35.5. The van der Waals surface area contributed by atoms with E-state index >= 15 is 0 Å². The number of rotatable bonds is 5. The topological polar surface area (TPSA) is 68.9 Å². The molecule has 4 aromatic rings. The molecule has 1 aromatic carbocycles. The Balaban J connectivity index is 1.45. The van der Waals surface area contributed by atoms with Crippen molar-refractivity contribution in [3.05, 3.63) is 98.3 Å². The first kappa shape index (κ1) is 18.2. The number of hydrogen-bond acceptors (Lipinski definition) is 4. The number of carbonyl (C=O) groups is 1. The van der Waals surface area contributed by atoms with Crippen LogP contribution in [0.25, 0.3) is 11.4 Å². The van der Waals surface area contributed by atoms with Crippen LogP contribution in [0.3, 0.4) is 0 Å². The Bertz CT molecular complexity index is 1180. The minimum Gasteiger partial charge on any atom is -0.346 e. The van der Waals surface area contributed by atoms with Crippen molar-refractivity contribution in [1.29, 1.82) is 0 Å². The number of hydrogen-bond donors (Lipinski definition) is 1. The van der Waals surface area contributed by atoms with E-state index in [0.717, 1.165) is 17.1 Å². The molecule has 8 heteroatoms. The molecule has 0 saturated carbocycles. The Morgan fingerprint density at radius 1 is 1.00 bits per heavy atom. The van der Waals surface area contributed by atoms with Gasteiger partial charge in [-0.15, -0.1) is 11.3 Å². The standard InChI is InChI=1S/C20H15ClN4O2S/c21-18-9-8-17(28-18)20(27)22-13-14-10-12-25(23-14)16-6-4-15(5-7-16)24-11-2-1-3-19(24)26/h1-12H,13H2,(H,22,27). The van der Waals surface area contributed by atoms with E-state index in [0.29, 0.717) is 15.8 Å². The summed E-state index contributed by atoms with van der Waals surface area (Å²) in [5.74, 6) is -0.177. The van der Waals surface area contributed by atoms with Crippen LogP contribution in [0.1, 0.15) is 15.4 Å². The van der Waals surface area contributed by atoms with Gasteiger partial charge in [-0.05, 0) is 48.5 Å². The van der Waals surface area contributed by atoms with Crippen LogP contribution in [0, 0.1) is 0 Å². The molecule has 0 unspecified atom stereocenters. The van der Waals surface area contributed by atoms with E-state index in [1.807, 2.05) is 42.6 Å². The Kier molecular flexibility index (Phi) is 5.10. The summed E-state index contributed by atoms with van der Waals surface area (Å²) in [5.41, 5.74) is 2.29. The number of carbonyl (C=O) groups excluding carboxylic acids is 1. The minimum atomic E-state index is -0.177. The smallest absolute Gasteiger partial charge is 0.261 e. The number of benzene rings is 1. The Hall–Kier alpha value is -3.16. The zero-order valence-corrected chi connectivity index (χ0v) is 16.2. The lowest BCUT2D eigenvalue weighted by Crippen LogP contribution is -2.22. The van der Waals surface area contributed by atoms with Crippen molar-refractivity contribution in [2.24, 2.45) is 0 Å². The summed E-state index contributed by atoms with van der Waals surface area (Å²) in [6, 6.07) is 17.8. The summed E-state index contributed by atoms with van der Waals surface area (Å²) in [6.45, 7) is 0.318. The Morgan fingerprint density at radius 2 is 1.79 bits per heavy atom. The van der Waals surface area contributed by atoms with Crippen LogP contribution < -0.4 is 10.9 Å². The van der Waals surface area contributed by atoms with Crippen LogP contribution in [0.15, 0.2) is 77.9 Å². The van der Waals surface area contributed by atoms with Crippen LogP contribution in [0.5, 0.6) is 0 Å². The van der Waals surface area contributed by atoms with E-state index in [1.165, 1.54) is 17.4 Å². The molecule has 0 atom stereocenters. The zero-order valence-electron chi connectivity index (χ0n) is 14.6. The first-order valence-electron chi connectivity index (χ1n) is 8.47. The van der Waals surface area contributed by atoms with Gasteiger partial charge in [0.1, 0.15) is 0 Å². The molecule has 0 aliphatic rings. The largest absolute Gasteiger partial charge is 0.346 e. The summed E-state index contributed by atoms with van der Waals surface area (Å²) < 4.78 is 3.88. The van der Waals surface area contributed by atoms with Gasteiger partial charge in [0, 0.05) is 24.1 Å². The molecule has 4 rings (SSSR count). The molecule has 0 radical (unpaired) electrons. The lowest BCUT2D eigenvalue weighted by molar-refractivity contribution is 0.0954. The van der Waals surface area contributed by atoms with Crippen molar-refractivity contribution in [3.8, 4) is 11.4 Å². The van der Waals surface area contributed by atoms with E-state index in [-0.39, 0.29) is 11.5 Å². The SMILES string of the molecule is O=C(NCc1ccn(-c2ccc(-n3ccccc3=O)cc2)n1)c1ccc(Cl)s1. The molecular weight excluding hydrogens is 396 g/mol. The highest BCUT2D eigenvalue weighted by Crippen LogP contribution is 2.21. The third-order valence-electron chi connectivity index (χ3n) is 4.09. The maximum absolute atomic E-state index is 12.1. The highest BCUT2D eigenvalue weighted by Gasteiger charge is 2.09. The highest BCUT2D eigenvalue weighted by molar-refractivity contribution is 7.17. The molecule has 6 nitrogen and oxygen atoms in total. The lowest BCUT2D eigenvalue weighted by atomic mass is 10.2. The molecule has 140 valence electrons. The molecule has 28 heavy (non-hydrogen) atoms. The van der Waals surface area contributed by atoms with Crippen LogP contribution in [-0.2, 0) is 6.54 Å². The van der Waals surface area contributed by atoms with Gasteiger partial charge in [0.2, 0.25) is 0 Å². The summed E-state index contributed by atoms with van der Waals surface area (Å²) in [4.78, 5) is 24.6. The summed E-state index contributed by atoms with van der Waals surface area (Å²) >= 11 is 7.09. The molecule has 0 aliphatic carbocycles. The average Bonchev–Trinajstić information content (AvgIpc) is 3.36. The number of halogens is 1. The van der Waals surface area contributed by atoms with E-state index in [2.05, 4.69) is 10.4 Å². The van der Waals surface area contributed by atoms with Crippen molar-refractivity contribution >= 4 is 28.8 Å². The van der Waals surface area contributed by atoms with Crippen molar-refractivity contribution in [2.75, 3.05) is 0 Å². The quantitative estimate of drug-likeness (QED) is 0.545. The number of pyridine rings is 1. The van der Waals surface area contributed by atoms with Crippen molar-refractivity contribution in [2.45, 2.75) is 6.54 Å². The fourth-order valence-corrected chi connectivity index (χ4v) is 3.66. The van der Waals surface area contributed by atoms with Crippen LogP contribution in [0.2, 0.25) is 4.34 Å². The van der Waals surface area contributed by atoms with E-state index < -0.39 is 0 Å². The second-order valence-electron chi connectivity index (χ2n) is 5.96. The van der Waals surface area contributed by atoms with Gasteiger partial charge >= 0.3 is 0 Å². The van der Waals surface area contributed by atoms with Gasteiger partial charge in [0.15, 0.2) is 0 Å². The van der Waals surface area contributed by atoms with Gasteiger partial charge in [-0.2, -0.15) is 5.10 Å². The molecule has 0 saturated heterocycles. The maximum Gasteiger partial charge on any atom is 0.261 e. The van der Waals surface area contributed by atoms with Crippen LogP contribution >= 0.6 is 22.9 Å². The third-order valence-corrected chi connectivity index (χ3v) is 5.32. The number of nitrogens with zero attached hydrogens (tertiary/aromatic N) is 3. The number of thiophene rings is 1. The molecule has 0 aliphatic heterocycles.